The Kier molecular flexibility index (Phi) is 6.31. The molecule has 1 saturated carbocycles. The number of methoxy groups -OCH3 is 1. The Bertz CT molecular complexity index is 1180. The minimum Gasteiger partial charge on any atom is -0.473 e. The Morgan fingerprint density at radius 2 is 1.97 bits per heavy atom. The number of fused-ring (bicyclic) bond motifs is 1. The summed E-state index contributed by atoms with van der Waals surface area (Å²) >= 11 is 3.43. The van der Waals surface area contributed by atoms with Crippen LogP contribution in [-0.4, -0.2) is 45.0 Å². The number of aryl methyl sites for hydroxylation is 1. The number of halogens is 1. The molecule has 0 bridgehead atoms. The average Bonchev–Trinajstić information content (AvgIpc) is 2.73. The monoisotopic (exact) mass is 505 g/mol. The van der Waals surface area contributed by atoms with Gasteiger partial charge >= 0.3 is 0 Å². The zero-order valence-electron chi connectivity index (χ0n) is 17.0. The van der Waals surface area contributed by atoms with Gasteiger partial charge in [-0.3, -0.25) is 14.3 Å². The van der Waals surface area contributed by atoms with Crippen molar-refractivity contribution in [1.29, 1.82) is 0 Å². The highest BCUT2D eigenvalue weighted by molar-refractivity contribution is 9.10. The topological polar surface area (TPSA) is 99.4 Å². The summed E-state index contributed by atoms with van der Waals surface area (Å²) in [6.07, 6.45) is 4.83. The number of aromatic nitrogens is 4. The van der Waals surface area contributed by atoms with Gasteiger partial charge in [0.05, 0.1) is 16.9 Å². The molecule has 2 heterocycles. The Labute approximate surface area is 189 Å². The molecule has 2 aromatic heterocycles. The minimum atomic E-state index is -0.408. The summed E-state index contributed by atoms with van der Waals surface area (Å²) in [7, 11) is 3.95. The lowest BCUT2D eigenvalue weighted by Gasteiger charge is -2.34. The zero-order valence-corrected chi connectivity index (χ0v) is 19.7. The maximum atomic E-state index is 13.0. The molecule has 11 heteroatoms. The first-order chi connectivity index (χ1) is 14.9. The van der Waals surface area contributed by atoms with Crippen LogP contribution in [0.1, 0.15) is 18.4 Å². The Balaban J connectivity index is 1.64. The molecule has 0 aliphatic heterocycles. The van der Waals surface area contributed by atoms with Crippen LogP contribution in [0.4, 0.5) is 5.95 Å². The van der Waals surface area contributed by atoms with Gasteiger partial charge in [-0.05, 0) is 40.1 Å². The fourth-order valence-corrected chi connectivity index (χ4v) is 3.79. The van der Waals surface area contributed by atoms with Gasteiger partial charge in [0.15, 0.2) is 0 Å². The largest absolute Gasteiger partial charge is 0.473 e. The van der Waals surface area contributed by atoms with Gasteiger partial charge in [-0.25, -0.2) is 14.6 Å². The number of nitrogens with zero attached hydrogens (tertiary/aromatic N) is 5. The molecule has 1 aliphatic carbocycles. The van der Waals surface area contributed by atoms with Gasteiger partial charge in [0, 0.05) is 36.8 Å². The second-order valence-corrected chi connectivity index (χ2v) is 8.78. The number of carbonyl (C=O) groups is 1. The molecule has 1 atom stereocenters. The molecule has 1 fully saturated rings. The van der Waals surface area contributed by atoms with Crippen molar-refractivity contribution in [2.24, 2.45) is 0 Å². The van der Waals surface area contributed by atoms with Crippen molar-refractivity contribution < 1.29 is 14.3 Å². The van der Waals surface area contributed by atoms with E-state index in [1.165, 1.54) is 4.67 Å². The number of benzene rings is 1. The second kappa shape index (κ2) is 8.98. The molecule has 0 saturated heterocycles. The molecule has 3 aromatic rings. The Hall–Kier alpha value is -2.42. The molecule has 9 nitrogen and oxygen atoms in total. The van der Waals surface area contributed by atoms with E-state index < -0.39 is 5.91 Å². The molecular formula is C20H21BrN5O4P. The summed E-state index contributed by atoms with van der Waals surface area (Å²) in [6.45, 7) is 1.57. The lowest BCUT2D eigenvalue weighted by atomic mass is 9.92. The summed E-state index contributed by atoms with van der Waals surface area (Å²) in [5.41, 5.74) is 0.497. The molecule has 0 N–H and O–H groups in total. The van der Waals surface area contributed by atoms with E-state index in [1.54, 1.807) is 37.7 Å². The average molecular weight is 506 g/mol. The van der Waals surface area contributed by atoms with Crippen LogP contribution in [0.3, 0.4) is 0 Å². The number of rotatable bonds is 6. The SMILES string of the molecule is CO[C@H]1C[C@@H](Oc2nn(CC(=O)N(P)c3ncc(C)cn3)c(=O)c3ccc(Br)cc23)C1. The standard InChI is InChI=1S/C20H21BrN5O4P/c1-11-8-22-20(23-9-11)26(31)17(27)10-25-19(28)15-4-3-12(21)5-16(15)18(24-25)30-14-6-13(7-14)29-2/h3-5,8-9,13-14H,6-7,10,31H2,1-2H3/t13-,14+. The maximum Gasteiger partial charge on any atom is 0.275 e. The van der Waals surface area contributed by atoms with E-state index in [0.717, 1.165) is 27.6 Å². The highest BCUT2D eigenvalue weighted by atomic mass is 79.9. The third-order valence-electron chi connectivity index (χ3n) is 5.09. The summed E-state index contributed by atoms with van der Waals surface area (Å²) < 4.78 is 14.5. The minimum absolute atomic E-state index is 0.0551. The highest BCUT2D eigenvalue weighted by Crippen LogP contribution is 2.31. The van der Waals surface area contributed by atoms with Crippen molar-refractivity contribution >= 4 is 47.9 Å². The first-order valence-electron chi connectivity index (χ1n) is 9.62. The fraction of sp³-hybridized carbons (Fsp3) is 0.350. The number of carbonyl (C=O) groups excluding carboxylic acids is 1. The first-order valence-corrected chi connectivity index (χ1v) is 10.9. The van der Waals surface area contributed by atoms with Crippen LogP contribution < -0.4 is 15.0 Å². The van der Waals surface area contributed by atoms with Gasteiger partial charge in [-0.15, -0.1) is 5.10 Å². The number of hydrogen-bond donors (Lipinski definition) is 0. The van der Waals surface area contributed by atoms with Gasteiger partial charge in [-0.2, -0.15) is 0 Å². The van der Waals surface area contributed by atoms with E-state index in [0.29, 0.717) is 16.7 Å². The number of anilines is 1. The van der Waals surface area contributed by atoms with E-state index in [9.17, 15) is 9.59 Å². The van der Waals surface area contributed by atoms with E-state index in [4.69, 9.17) is 9.47 Å². The highest BCUT2D eigenvalue weighted by Gasteiger charge is 2.32. The zero-order chi connectivity index (χ0) is 22.1. The Morgan fingerprint density at radius 3 is 2.65 bits per heavy atom. The van der Waals surface area contributed by atoms with Crippen LogP contribution in [0, 0.1) is 6.92 Å². The van der Waals surface area contributed by atoms with E-state index in [2.05, 4.69) is 40.4 Å². The van der Waals surface area contributed by atoms with Crippen molar-refractivity contribution in [2.75, 3.05) is 11.8 Å². The second-order valence-electron chi connectivity index (χ2n) is 7.35. The van der Waals surface area contributed by atoms with Crippen molar-refractivity contribution in [2.45, 2.75) is 38.5 Å². The van der Waals surface area contributed by atoms with Gasteiger partial charge in [0.2, 0.25) is 11.8 Å². The maximum absolute atomic E-state index is 13.0. The summed E-state index contributed by atoms with van der Waals surface area (Å²) in [5.74, 6) is 0.119. The lowest BCUT2D eigenvalue weighted by Crippen LogP contribution is -2.40. The normalized spacial score (nSPS) is 17.9. The fourth-order valence-electron chi connectivity index (χ4n) is 3.21. The summed E-state index contributed by atoms with van der Waals surface area (Å²) in [5, 5.41) is 5.38. The van der Waals surface area contributed by atoms with Crippen LogP contribution in [0.2, 0.25) is 0 Å². The van der Waals surface area contributed by atoms with Crippen molar-refractivity contribution in [3.63, 3.8) is 0 Å². The molecular weight excluding hydrogens is 485 g/mol. The molecule has 4 rings (SSSR count). The molecule has 0 radical (unpaired) electrons. The predicted octanol–water partition coefficient (Wildman–Crippen LogP) is 2.64. The summed E-state index contributed by atoms with van der Waals surface area (Å²) in [4.78, 5) is 34.1. The number of ether oxygens (including phenoxy) is 2. The lowest BCUT2D eigenvalue weighted by molar-refractivity contribution is -0.118. The van der Waals surface area contributed by atoms with Crippen LogP contribution >= 0.6 is 25.3 Å². The Morgan fingerprint density at radius 1 is 1.26 bits per heavy atom. The predicted molar refractivity (Wildman–Crippen MR) is 122 cm³/mol. The van der Waals surface area contributed by atoms with E-state index in [-0.39, 0.29) is 30.3 Å². The van der Waals surface area contributed by atoms with Gasteiger partial charge in [0.25, 0.3) is 11.5 Å². The first kappa shape index (κ1) is 21.8. The molecule has 1 amide bonds. The van der Waals surface area contributed by atoms with Crippen molar-refractivity contribution in [1.82, 2.24) is 19.7 Å². The van der Waals surface area contributed by atoms with Crippen LogP contribution in [-0.2, 0) is 16.1 Å². The van der Waals surface area contributed by atoms with E-state index in [1.807, 2.05) is 6.92 Å². The van der Waals surface area contributed by atoms with Crippen molar-refractivity contribution in [3.8, 4) is 5.88 Å². The third-order valence-corrected chi connectivity index (χ3v) is 6.10. The van der Waals surface area contributed by atoms with Gasteiger partial charge in [0.1, 0.15) is 12.6 Å². The van der Waals surface area contributed by atoms with Crippen LogP contribution in [0.25, 0.3) is 10.8 Å². The molecule has 1 unspecified atom stereocenters. The quantitative estimate of drug-likeness (QED) is 0.474. The smallest absolute Gasteiger partial charge is 0.275 e. The summed E-state index contributed by atoms with van der Waals surface area (Å²) in [6, 6.07) is 5.25. The molecule has 31 heavy (non-hydrogen) atoms. The molecule has 1 aromatic carbocycles. The molecule has 162 valence electrons. The number of amides is 1. The number of hydrogen-bond acceptors (Lipinski definition) is 7. The van der Waals surface area contributed by atoms with Gasteiger partial charge in [-0.1, -0.05) is 15.9 Å². The van der Waals surface area contributed by atoms with Crippen LogP contribution in [0.5, 0.6) is 5.88 Å². The van der Waals surface area contributed by atoms with E-state index >= 15 is 0 Å². The molecule has 0 spiro atoms. The third kappa shape index (κ3) is 4.61. The van der Waals surface area contributed by atoms with Gasteiger partial charge < -0.3 is 9.47 Å². The van der Waals surface area contributed by atoms with Crippen LogP contribution in [0.15, 0.2) is 39.9 Å². The van der Waals surface area contributed by atoms with Crippen molar-refractivity contribution in [3.05, 3.63) is 51.0 Å². The molecule has 1 aliphatic rings.